The van der Waals surface area contributed by atoms with Gasteiger partial charge in [0.25, 0.3) is 5.91 Å². The van der Waals surface area contributed by atoms with E-state index in [1.165, 1.54) is 4.90 Å². The number of nitrogens with zero attached hydrogens (tertiary/aromatic N) is 2. The van der Waals surface area contributed by atoms with Gasteiger partial charge in [0.15, 0.2) is 5.13 Å². The Kier molecular flexibility index (Phi) is 5.51. The summed E-state index contributed by atoms with van der Waals surface area (Å²) in [6.07, 6.45) is 0. The van der Waals surface area contributed by atoms with Crippen molar-refractivity contribution in [1.29, 1.82) is 0 Å². The first-order valence-corrected chi connectivity index (χ1v) is 9.78. The highest BCUT2D eigenvalue weighted by Crippen LogP contribution is 2.31. The van der Waals surface area contributed by atoms with Crippen LogP contribution in [0.5, 0.6) is 0 Å². The highest BCUT2D eigenvalue weighted by atomic mass is 79.9. The van der Waals surface area contributed by atoms with Crippen LogP contribution in [0.2, 0.25) is 0 Å². The van der Waals surface area contributed by atoms with Gasteiger partial charge >= 0.3 is 0 Å². The molecule has 130 valence electrons. The molecule has 1 N–H and O–H groups in total. The van der Waals surface area contributed by atoms with Crippen LogP contribution >= 0.6 is 27.3 Å². The van der Waals surface area contributed by atoms with Crippen LogP contribution in [0.3, 0.4) is 0 Å². The summed E-state index contributed by atoms with van der Waals surface area (Å²) in [6.45, 7) is 3.51. The average Bonchev–Trinajstić information content (AvgIpc) is 2.98. The molecule has 0 bridgehead atoms. The summed E-state index contributed by atoms with van der Waals surface area (Å²) in [4.78, 5) is 20.9. The highest BCUT2D eigenvalue weighted by molar-refractivity contribution is 9.10. The Bertz CT molecular complexity index is 889. The van der Waals surface area contributed by atoms with E-state index in [1.807, 2.05) is 49.4 Å². The number of carbonyl (C=O) groups is 1. The van der Waals surface area contributed by atoms with E-state index in [0.717, 1.165) is 31.9 Å². The second-order valence-corrected chi connectivity index (χ2v) is 8.31. The quantitative estimate of drug-likeness (QED) is 0.690. The Balaban J connectivity index is 1.97. The first-order chi connectivity index (χ1) is 11.9. The first kappa shape index (κ1) is 18.0. The number of rotatable bonds is 5. The van der Waals surface area contributed by atoms with Gasteiger partial charge in [0.05, 0.1) is 37.4 Å². The number of halogens is 1. The van der Waals surface area contributed by atoms with Crippen molar-refractivity contribution in [3.05, 3.63) is 58.1 Å². The van der Waals surface area contributed by atoms with Crippen LogP contribution in [0, 0.1) is 6.92 Å². The Morgan fingerprint density at radius 1 is 1.20 bits per heavy atom. The summed E-state index contributed by atoms with van der Waals surface area (Å²) in [6, 6.07) is 13.7. The van der Waals surface area contributed by atoms with E-state index in [4.69, 9.17) is 0 Å². The van der Waals surface area contributed by atoms with E-state index in [-0.39, 0.29) is 5.91 Å². The smallest absolute Gasteiger partial charge is 0.260 e. The number of aryl methyl sites for hydroxylation is 1. The van der Waals surface area contributed by atoms with Gasteiger partial charge in [0.1, 0.15) is 0 Å². The van der Waals surface area contributed by atoms with Crippen molar-refractivity contribution in [3.8, 4) is 0 Å². The topological polar surface area (TPSA) is 37.6 Å². The summed E-state index contributed by atoms with van der Waals surface area (Å²) < 4.78 is 2.09. The summed E-state index contributed by atoms with van der Waals surface area (Å²) in [5.41, 5.74) is 2.76. The number of hydrogen-bond acceptors (Lipinski definition) is 3. The lowest BCUT2D eigenvalue weighted by Gasteiger charge is -2.20. The van der Waals surface area contributed by atoms with E-state index in [9.17, 15) is 4.79 Å². The van der Waals surface area contributed by atoms with Gasteiger partial charge in [0.2, 0.25) is 0 Å². The van der Waals surface area contributed by atoms with Crippen LogP contribution in [-0.4, -0.2) is 38.1 Å². The lowest BCUT2D eigenvalue weighted by Crippen LogP contribution is -3.06. The zero-order valence-corrected chi connectivity index (χ0v) is 16.9. The summed E-state index contributed by atoms with van der Waals surface area (Å²) in [7, 11) is 4.17. The largest absolute Gasteiger partial charge is 0.338 e. The minimum atomic E-state index is -0.000582. The number of fused-ring (bicyclic) bond motifs is 1. The third-order valence-corrected chi connectivity index (χ3v) is 5.48. The van der Waals surface area contributed by atoms with Crippen LogP contribution in [0.25, 0.3) is 10.2 Å². The molecule has 0 atom stereocenters. The molecule has 0 aliphatic heterocycles. The predicted octanol–water partition coefficient (Wildman–Crippen LogP) is 3.16. The number of quaternary nitrogens is 1. The van der Waals surface area contributed by atoms with Crippen molar-refractivity contribution in [3.63, 3.8) is 0 Å². The van der Waals surface area contributed by atoms with Crippen molar-refractivity contribution in [2.75, 3.05) is 32.1 Å². The van der Waals surface area contributed by atoms with Gasteiger partial charge in [-0.3, -0.25) is 9.69 Å². The molecule has 0 aliphatic carbocycles. The molecule has 0 saturated heterocycles. The number of aromatic nitrogens is 1. The Hall–Kier alpha value is -1.76. The number of benzene rings is 2. The van der Waals surface area contributed by atoms with E-state index in [2.05, 4.69) is 35.0 Å². The van der Waals surface area contributed by atoms with Crippen molar-refractivity contribution < 1.29 is 9.69 Å². The lowest BCUT2D eigenvalue weighted by atomic mass is 10.1. The van der Waals surface area contributed by atoms with E-state index >= 15 is 0 Å². The number of anilines is 1. The normalized spacial score (nSPS) is 11.2. The molecule has 1 heterocycles. The molecule has 0 saturated carbocycles. The van der Waals surface area contributed by atoms with Crippen LogP contribution in [0.15, 0.2) is 46.9 Å². The van der Waals surface area contributed by atoms with Gasteiger partial charge < -0.3 is 4.90 Å². The van der Waals surface area contributed by atoms with Crippen molar-refractivity contribution in [2.45, 2.75) is 6.92 Å². The van der Waals surface area contributed by atoms with Gasteiger partial charge in [0, 0.05) is 10.0 Å². The standard InChI is InChI=1S/C19H20BrN3OS/c1-13-4-6-14(7-5-13)18(24)23(11-10-22(2)3)19-21-16-9-8-15(20)12-17(16)25-19/h4-9,12H,10-11H2,1-3H3/p+1. The Labute approximate surface area is 160 Å². The summed E-state index contributed by atoms with van der Waals surface area (Å²) >= 11 is 5.05. The molecular weight excluding hydrogens is 398 g/mol. The number of hydrogen-bond donors (Lipinski definition) is 1. The molecule has 0 spiro atoms. The third kappa shape index (κ3) is 4.26. The summed E-state index contributed by atoms with van der Waals surface area (Å²) in [5, 5.41) is 0.750. The number of nitrogens with one attached hydrogen (secondary N) is 1. The van der Waals surface area contributed by atoms with Gasteiger partial charge in [-0.1, -0.05) is 45.0 Å². The first-order valence-electron chi connectivity index (χ1n) is 8.17. The van der Waals surface area contributed by atoms with Gasteiger partial charge in [-0.2, -0.15) is 0 Å². The summed E-state index contributed by atoms with van der Waals surface area (Å²) in [5.74, 6) is -0.000582. The number of carbonyl (C=O) groups excluding carboxylic acids is 1. The monoisotopic (exact) mass is 418 g/mol. The van der Waals surface area contributed by atoms with Crippen molar-refractivity contribution in [1.82, 2.24) is 4.98 Å². The SMILES string of the molecule is Cc1ccc(C(=O)N(CC[NH+](C)C)c2nc3ccc(Br)cc3s2)cc1. The van der Waals surface area contributed by atoms with Crippen LogP contribution in [-0.2, 0) is 0 Å². The fraction of sp³-hybridized carbons (Fsp3) is 0.263. The Morgan fingerprint density at radius 3 is 2.60 bits per heavy atom. The second-order valence-electron chi connectivity index (χ2n) is 6.39. The Morgan fingerprint density at radius 2 is 1.92 bits per heavy atom. The molecule has 3 aromatic rings. The second kappa shape index (κ2) is 7.64. The van der Waals surface area contributed by atoms with Crippen LogP contribution in [0.1, 0.15) is 15.9 Å². The highest BCUT2D eigenvalue weighted by Gasteiger charge is 2.22. The minimum Gasteiger partial charge on any atom is -0.338 e. The molecule has 0 unspecified atom stereocenters. The average molecular weight is 419 g/mol. The van der Waals surface area contributed by atoms with Crippen LogP contribution in [0.4, 0.5) is 5.13 Å². The van der Waals surface area contributed by atoms with Crippen LogP contribution < -0.4 is 9.80 Å². The van der Waals surface area contributed by atoms with Gasteiger partial charge in [-0.25, -0.2) is 4.98 Å². The molecule has 0 radical (unpaired) electrons. The fourth-order valence-corrected chi connectivity index (χ4v) is 4.02. The molecule has 2 aromatic carbocycles. The zero-order valence-electron chi connectivity index (χ0n) is 14.5. The van der Waals surface area contributed by atoms with E-state index < -0.39 is 0 Å². The fourth-order valence-electron chi connectivity index (χ4n) is 2.47. The zero-order chi connectivity index (χ0) is 18.0. The predicted molar refractivity (Wildman–Crippen MR) is 108 cm³/mol. The van der Waals surface area contributed by atoms with E-state index in [0.29, 0.717) is 12.1 Å². The van der Waals surface area contributed by atoms with Crippen molar-refractivity contribution in [2.24, 2.45) is 0 Å². The molecule has 0 fully saturated rings. The number of likely N-dealkylation sites (N-methyl/N-ethyl adjacent to an activating group) is 1. The third-order valence-electron chi connectivity index (χ3n) is 3.95. The molecule has 1 amide bonds. The van der Waals surface area contributed by atoms with E-state index in [1.54, 1.807) is 16.2 Å². The maximum absolute atomic E-state index is 13.1. The molecular formula is C19H21BrN3OS+. The molecule has 4 nitrogen and oxygen atoms in total. The maximum Gasteiger partial charge on any atom is 0.260 e. The molecule has 3 rings (SSSR count). The van der Waals surface area contributed by atoms with Gasteiger partial charge in [-0.05, 0) is 37.3 Å². The molecule has 25 heavy (non-hydrogen) atoms. The van der Waals surface area contributed by atoms with Gasteiger partial charge in [-0.15, -0.1) is 0 Å². The minimum absolute atomic E-state index is 0.000582. The maximum atomic E-state index is 13.1. The lowest BCUT2D eigenvalue weighted by molar-refractivity contribution is -0.856. The van der Waals surface area contributed by atoms with Crippen molar-refractivity contribution >= 4 is 48.5 Å². The number of amides is 1. The number of thiazole rings is 1. The molecule has 6 heteroatoms. The molecule has 0 aliphatic rings. The molecule has 1 aromatic heterocycles.